The number of halogens is 1. The molecule has 3 heteroatoms. The van der Waals surface area contributed by atoms with Crippen LogP contribution in [0.4, 0.5) is 0 Å². The highest BCUT2D eigenvalue weighted by Crippen LogP contribution is 2.19. The van der Waals surface area contributed by atoms with Crippen molar-refractivity contribution in [1.29, 1.82) is 0 Å². The number of nitrogens with one attached hydrogen (secondary N) is 1. The van der Waals surface area contributed by atoms with E-state index in [0.29, 0.717) is 11.6 Å². The zero-order chi connectivity index (χ0) is 16.9. The molecule has 0 aliphatic carbocycles. The third kappa shape index (κ3) is 5.98. The van der Waals surface area contributed by atoms with Crippen LogP contribution in [0.3, 0.4) is 0 Å². The van der Waals surface area contributed by atoms with Crippen molar-refractivity contribution in [3.05, 3.63) is 70.2 Å². The van der Waals surface area contributed by atoms with Crippen molar-refractivity contribution in [2.24, 2.45) is 0 Å². The number of benzene rings is 2. The SMILES string of the molecule is Cc1ccc(CCC(C)(C)NCC(O)c2cccc(Cl)c2)cc1. The minimum Gasteiger partial charge on any atom is -0.387 e. The first-order valence-corrected chi connectivity index (χ1v) is 8.48. The fourth-order valence-electron chi connectivity index (χ4n) is 2.50. The molecule has 0 bridgehead atoms. The van der Waals surface area contributed by atoms with Gasteiger partial charge < -0.3 is 10.4 Å². The summed E-state index contributed by atoms with van der Waals surface area (Å²) in [5.41, 5.74) is 3.45. The van der Waals surface area contributed by atoms with E-state index in [1.807, 2.05) is 24.3 Å². The molecule has 2 aromatic rings. The van der Waals surface area contributed by atoms with Gasteiger partial charge in [0.2, 0.25) is 0 Å². The molecule has 0 fully saturated rings. The van der Waals surface area contributed by atoms with Gasteiger partial charge in [-0.05, 0) is 56.9 Å². The normalized spacial score (nSPS) is 13.1. The first kappa shape index (κ1) is 18.0. The Morgan fingerprint density at radius 3 is 2.48 bits per heavy atom. The molecule has 2 nitrogen and oxygen atoms in total. The minimum atomic E-state index is -0.549. The largest absolute Gasteiger partial charge is 0.387 e. The summed E-state index contributed by atoms with van der Waals surface area (Å²) in [7, 11) is 0. The monoisotopic (exact) mass is 331 g/mol. The van der Waals surface area contributed by atoms with E-state index < -0.39 is 6.10 Å². The second-order valence-corrected chi connectivity index (χ2v) is 7.26. The number of hydrogen-bond donors (Lipinski definition) is 2. The number of aliphatic hydroxyl groups excluding tert-OH is 1. The quantitative estimate of drug-likeness (QED) is 0.772. The van der Waals surface area contributed by atoms with Crippen LogP contribution in [0.15, 0.2) is 48.5 Å². The Morgan fingerprint density at radius 1 is 1.13 bits per heavy atom. The van der Waals surface area contributed by atoms with Crippen molar-refractivity contribution in [2.45, 2.75) is 45.3 Å². The number of aryl methyl sites for hydroxylation is 2. The molecular formula is C20H26ClNO. The Bertz CT molecular complexity index is 622. The molecule has 1 atom stereocenters. The maximum Gasteiger partial charge on any atom is 0.0915 e. The number of hydrogen-bond acceptors (Lipinski definition) is 2. The van der Waals surface area contributed by atoms with Gasteiger partial charge in [-0.25, -0.2) is 0 Å². The Kier molecular flexibility index (Phi) is 6.23. The van der Waals surface area contributed by atoms with Crippen LogP contribution in [0.25, 0.3) is 0 Å². The minimum absolute atomic E-state index is 0.0373. The van der Waals surface area contributed by atoms with Gasteiger partial charge >= 0.3 is 0 Å². The maximum absolute atomic E-state index is 10.3. The average Bonchev–Trinajstić information content (AvgIpc) is 2.52. The van der Waals surface area contributed by atoms with Gasteiger partial charge in [-0.15, -0.1) is 0 Å². The molecule has 0 spiro atoms. The number of aliphatic hydroxyl groups is 1. The fraction of sp³-hybridized carbons (Fsp3) is 0.400. The van der Waals surface area contributed by atoms with Crippen LogP contribution in [-0.4, -0.2) is 17.2 Å². The summed E-state index contributed by atoms with van der Waals surface area (Å²) in [6, 6.07) is 16.1. The summed E-state index contributed by atoms with van der Waals surface area (Å²) in [5.74, 6) is 0. The van der Waals surface area contributed by atoms with Crippen LogP contribution in [0, 0.1) is 6.92 Å². The van der Waals surface area contributed by atoms with Crippen molar-refractivity contribution in [3.63, 3.8) is 0 Å². The van der Waals surface area contributed by atoms with Gasteiger partial charge in [0.1, 0.15) is 0 Å². The van der Waals surface area contributed by atoms with Gasteiger partial charge in [-0.2, -0.15) is 0 Å². The molecule has 0 amide bonds. The highest BCUT2D eigenvalue weighted by molar-refractivity contribution is 6.30. The Balaban J connectivity index is 1.84. The Morgan fingerprint density at radius 2 is 1.83 bits per heavy atom. The zero-order valence-electron chi connectivity index (χ0n) is 14.1. The van der Waals surface area contributed by atoms with Gasteiger partial charge in [0.15, 0.2) is 0 Å². The van der Waals surface area contributed by atoms with E-state index in [1.165, 1.54) is 11.1 Å². The van der Waals surface area contributed by atoms with E-state index in [1.54, 1.807) is 0 Å². The Labute approximate surface area is 144 Å². The molecular weight excluding hydrogens is 306 g/mol. The zero-order valence-corrected chi connectivity index (χ0v) is 14.9. The lowest BCUT2D eigenvalue weighted by Crippen LogP contribution is -2.41. The third-order valence-corrected chi connectivity index (χ3v) is 4.40. The van der Waals surface area contributed by atoms with Crippen LogP contribution in [0.2, 0.25) is 5.02 Å². The predicted molar refractivity (Wildman–Crippen MR) is 98.0 cm³/mol. The van der Waals surface area contributed by atoms with Gasteiger partial charge in [-0.1, -0.05) is 53.6 Å². The topological polar surface area (TPSA) is 32.3 Å². The fourth-order valence-corrected chi connectivity index (χ4v) is 2.70. The lowest BCUT2D eigenvalue weighted by Gasteiger charge is -2.28. The molecule has 0 aromatic heterocycles. The van der Waals surface area contributed by atoms with Gasteiger partial charge in [-0.3, -0.25) is 0 Å². The maximum atomic E-state index is 10.3. The van der Waals surface area contributed by atoms with Crippen LogP contribution in [0.1, 0.15) is 43.1 Å². The van der Waals surface area contributed by atoms with Crippen molar-refractivity contribution in [2.75, 3.05) is 6.54 Å². The van der Waals surface area contributed by atoms with Crippen molar-refractivity contribution in [1.82, 2.24) is 5.32 Å². The summed E-state index contributed by atoms with van der Waals surface area (Å²) in [6.07, 6.45) is 1.48. The van der Waals surface area contributed by atoms with E-state index >= 15 is 0 Å². The number of β-amino-alcohol motifs (C(OH)–C–C–N with tert-alkyl or cyclic N) is 1. The highest BCUT2D eigenvalue weighted by Gasteiger charge is 2.19. The second kappa shape index (κ2) is 7.96. The second-order valence-electron chi connectivity index (χ2n) is 6.82. The van der Waals surface area contributed by atoms with Crippen molar-refractivity contribution >= 4 is 11.6 Å². The van der Waals surface area contributed by atoms with Gasteiger partial charge in [0, 0.05) is 17.1 Å². The van der Waals surface area contributed by atoms with Crippen LogP contribution < -0.4 is 5.32 Å². The van der Waals surface area contributed by atoms with E-state index in [9.17, 15) is 5.11 Å². The first-order chi connectivity index (χ1) is 10.9. The first-order valence-electron chi connectivity index (χ1n) is 8.10. The lowest BCUT2D eigenvalue weighted by atomic mass is 9.94. The van der Waals surface area contributed by atoms with E-state index in [-0.39, 0.29) is 5.54 Å². The average molecular weight is 332 g/mol. The molecule has 1 unspecified atom stereocenters. The third-order valence-electron chi connectivity index (χ3n) is 4.17. The highest BCUT2D eigenvalue weighted by atomic mass is 35.5. The molecule has 0 aliphatic heterocycles. The van der Waals surface area contributed by atoms with E-state index in [0.717, 1.165) is 18.4 Å². The summed E-state index contributed by atoms with van der Waals surface area (Å²) >= 11 is 5.98. The molecule has 2 aromatic carbocycles. The molecule has 2 rings (SSSR count). The lowest BCUT2D eigenvalue weighted by molar-refractivity contribution is 0.159. The molecule has 2 N–H and O–H groups in total. The molecule has 23 heavy (non-hydrogen) atoms. The molecule has 0 saturated carbocycles. The number of rotatable bonds is 7. The molecule has 0 aliphatic rings. The van der Waals surface area contributed by atoms with Crippen LogP contribution in [0.5, 0.6) is 0 Å². The van der Waals surface area contributed by atoms with Gasteiger partial charge in [0.05, 0.1) is 6.10 Å². The van der Waals surface area contributed by atoms with Crippen LogP contribution in [-0.2, 0) is 6.42 Å². The van der Waals surface area contributed by atoms with Gasteiger partial charge in [0.25, 0.3) is 0 Å². The predicted octanol–water partition coefficient (Wildman–Crippen LogP) is 4.68. The molecule has 0 heterocycles. The van der Waals surface area contributed by atoms with Crippen molar-refractivity contribution < 1.29 is 5.11 Å². The smallest absolute Gasteiger partial charge is 0.0915 e. The standard InChI is InChI=1S/C20H26ClNO/c1-15-7-9-16(10-8-15)11-12-20(2,3)22-14-19(23)17-5-4-6-18(21)13-17/h4-10,13,19,22-23H,11-12,14H2,1-3H3. The molecule has 0 saturated heterocycles. The van der Waals surface area contributed by atoms with Crippen LogP contribution >= 0.6 is 11.6 Å². The van der Waals surface area contributed by atoms with Crippen molar-refractivity contribution in [3.8, 4) is 0 Å². The molecule has 0 radical (unpaired) electrons. The van der Waals surface area contributed by atoms with E-state index in [4.69, 9.17) is 11.6 Å². The summed E-state index contributed by atoms with van der Waals surface area (Å²) in [5, 5.41) is 14.4. The summed E-state index contributed by atoms with van der Waals surface area (Å²) < 4.78 is 0. The summed E-state index contributed by atoms with van der Waals surface area (Å²) in [6.45, 7) is 6.96. The summed E-state index contributed by atoms with van der Waals surface area (Å²) in [4.78, 5) is 0. The Hall–Kier alpha value is -1.35. The molecule has 124 valence electrons. The van der Waals surface area contributed by atoms with E-state index in [2.05, 4.69) is 50.4 Å².